The van der Waals surface area contributed by atoms with Crippen LogP contribution in [0.2, 0.25) is 5.02 Å². The predicted octanol–water partition coefficient (Wildman–Crippen LogP) is 2.93. The average molecular weight is 425 g/mol. The Morgan fingerprint density at radius 2 is 1.97 bits per heavy atom. The van der Waals surface area contributed by atoms with Crippen molar-refractivity contribution in [2.45, 2.75) is 25.6 Å². The molecule has 3 atom stereocenters. The van der Waals surface area contributed by atoms with Crippen molar-refractivity contribution in [3.05, 3.63) is 84.4 Å². The zero-order chi connectivity index (χ0) is 20.3. The van der Waals surface area contributed by atoms with E-state index in [9.17, 15) is 9.59 Å². The standard InChI is InChI=1S/C22H17ClN2O3S/c1-12(26)18-19-14-8-4-6-10-16(14)28-22(18,2)24-21-25(19)20(27)17(29-21)11-13-7-3-5-9-15(13)23/h3-11,18-19H,1-2H3/b17-11+/t18?,19?,22-/m0/s1. The maximum atomic E-state index is 13.4. The first-order valence-electron chi connectivity index (χ1n) is 9.25. The molecule has 2 bridgehead atoms. The molecule has 2 unspecified atom stereocenters. The molecule has 0 aliphatic carbocycles. The lowest BCUT2D eigenvalue weighted by molar-refractivity contribution is -0.132. The number of halogens is 1. The van der Waals surface area contributed by atoms with E-state index < -0.39 is 17.7 Å². The van der Waals surface area contributed by atoms with Gasteiger partial charge in [-0.1, -0.05) is 59.3 Å². The summed E-state index contributed by atoms with van der Waals surface area (Å²) in [5.41, 5.74) is 0.359. The summed E-state index contributed by atoms with van der Waals surface area (Å²) >= 11 is 7.56. The smallest absolute Gasteiger partial charge is 0.270 e. The van der Waals surface area contributed by atoms with Gasteiger partial charge in [-0.05, 0) is 37.6 Å². The Bertz CT molecular complexity index is 1340. The van der Waals surface area contributed by atoms with Gasteiger partial charge in [-0.3, -0.25) is 14.2 Å². The zero-order valence-electron chi connectivity index (χ0n) is 15.8. The van der Waals surface area contributed by atoms with Crippen molar-refractivity contribution in [1.29, 1.82) is 0 Å². The van der Waals surface area contributed by atoms with Crippen LogP contribution < -0.4 is 19.6 Å². The molecule has 0 saturated heterocycles. The maximum absolute atomic E-state index is 13.4. The normalized spacial score (nSPS) is 24.9. The number of hydrogen-bond donors (Lipinski definition) is 0. The Morgan fingerprint density at radius 3 is 2.72 bits per heavy atom. The molecule has 1 aromatic heterocycles. The van der Waals surface area contributed by atoms with Gasteiger partial charge in [0, 0.05) is 10.6 Å². The third kappa shape index (κ3) is 2.70. The number of nitrogens with zero attached hydrogens (tertiary/aromatic N) is 2. The minimum absolute atomic E-state index is 0.0591. The SMILES string of the molecule is CC(=O)C1C2c3ccccc3O[C@]1(C)N=c1s/c(=C/c3ccccc3Cl)c(=O)n12. The second-order valence-electron chi connectivity index (χ2n) is 7.43. The third-order valence-electron chi connectivity index (χ3n) is 5.51. The number of aromatic nitrogens is 1. The van der Waals surface area contributed by atoms with Gasteiger partial charge in [0.1, 0.15) is 17.5 Å². The fraction of sp³-hybridized carbons (Fsp3) is 0.227. The lowest BCUT2D eigenvalue weighted by atomic mass is 9.79. The fourth-order valence-corrected chi connectivity index (χ4v) is 5.57. The maximum Gasteiger partial charge on any atom is 0.270 e. The molecule has 0 spiro atoms. The molecule has 7 heteroatoms. The summed E-state index contributed by atoms with van der Waals surface area (Å²) in [6.45, 7) is 3.34. The number of benzene rings is 2. The fourth-order valence-electron chi connectivity index (χ4n) is 4.29. The lowest BCUT2D eigenvalue weighted by Gasteiger charge is -2.45. The van der Waals surface area contributed by atoms with E-state index in [0.29, 0.717) is 20.1 Å². The van der Waals surface area contributed by atoms with Crippen molar-refractivity contribution in [2.24, 2.45) is 10.9 Å². The number of hydrogen-bond acceptors (Lipinski definition) is 5. The Kier molecular flexibility index (Phi) is 4.05. The Hall–Kier alpha value is -2.70. The van der Waals surface area contributed by atoms with E-state index in [-0.39, 0.29) is 11.3 Å². The molecule has 29 heavy (non-hydrogen) atoms. The highest BCUT2D eigenvalue weighted by atomic mass is 35.5. The largest absolute Gasteiger partial charge is 0.465 e. The van der Waals surface area contributed by atoms with Crippen molar-refractivity contribution < 1.29 is 9.53 Å². The summed E-state index contributed by atoms with van der Waals surface area (Å²) in [6.07, 6.45) is 1.78. The molecule has 0 N–H and O–H groups in total. The number of rotatable bonds is 2. The zero-order valence-corrected chi connectivity index (χ0v) is 17.3. The molecule has 5 rings (SSSR count). The lowest BCUT2D eigenvalue weighted by Crippen LogP contribution is -2.58. The van der Waals surface area contributed by atoms with Gasteiger partial charge in [0.05, 0.1) is 10.6 Å². The van der Waals surface area contributed by atoms with Crippen LogP contribution in [0.5, 0.6) is 5.75 Å². The van der Waals surface area contributed by atoms with Crippen LogP contribution in [0, 0.1) is 5.92 Å². The van der Waals surface area contributed by atoms with Gasteiger partial charge in [0.2, 0.25) is 5.72 Å². The van der Waals surface area contributed by atoms with Crippen molar-refractivity contribution in [1.82, 2.24) is 4.57 Å². The number of Topliss-reactive ketones (excluding diaryl/α,β-unsaturated/α-hetero) is 1. The van der Waals surface area contributed by atoms with Crippen molar-refractivity contribution in [2.75, 3.05) is 0 Å². The number of fused-ring (bicyclic) bond motifs is 6. The van der Waals surface area contributed by atoms with Crippen LogP contribution in [0.25, 0.3) is 6.08 Å². The summed E-state index contributed by atoms with van der Waals surface area (Å²) in [6, 6.07) is 14.4. The molecule has 2 aliphatic heterocycles. The van der Waals surface area contributed by atoms with Gasteiger partial charge < -0.3 is 4.74 Å². The highest BCUT2D eigenvalue weighted by Gasteiger charge is 2.53. The van der Waals surface area contributed by atoms with Crippen LogP contribution in [0.1, 0.15) is 31.0 Å². The van der Waals surface area contributed by atoms with Crippen molar-refractivity contribution in [3.63, 3.8) is 0 Å². The number of para-hydroxylation sites is 1. The molecule has 0 saturated carbocycles. The van der Waals surface area contributed by atoms with Crippen LogP contribution >= 0.6 is 22.9 Å². The van der Waals surface area contributed by atoms with E-state index in [2.05, 4.69) is 0 Å². The van der Waals surface area contributed by atoms with Crippen LogP contribution in [-0.2, 0) is 4.79 Å². The summed E-state index contributed by atoms with van der Waals surface area (Å²) in [4.78, 5) is 31.3. The van der Waals surface area contributed by atoms with E-state index >= 15 is 0 Å². The second-order valence-corrected chi connectivity index (χ2v) is 8.85. The van der Waals surface area contributed by atoms with Crippen molar-refractivity contribution >= 4 is 34.8 Å². The van der Waals surface area contributed by atoms with Crippen LogP contribution in [-0.4, -0.2) is 16.1 Å². The van der Waals surface area contributed by atoms with Crippen LogP contribution in [0.4, 0.5) is 0 Å². The Balaban J connectivity index is 1.83. The van der Waals surface area contributed by atoms with E-state index in [0.717, 1.165) is 11.1 Å². The van der Waals surface area contributed by atoms with Crippen LogP contribution in [0.15, 0.2) is 58.3 Å². The molecule has 0 radical (unpaired) electrons. The van der Waals surface area contributed by atoms with Gasteiger partial charge >= 0.3 is 0 Å². The van der Waals surface area contributed by atoms with E-state index in [4.69, 9.17) is 21.3 Å². The minimum Gasteiger partial charge on any atom is -0.465 e. The van der Waals surface area contributed by atoms with E-state index in [1.807, 2.05) is 49.4 Å². The highest BCUT2D eigenvalue weighted by Crippen LogP contribution is 2.47. The molecule has 5 nitrogen and oxygen atoms in total. The Labute approximate surface area is 175 Å². The molecule has 0 fully saturated rings. The van der Waals surface area contributed by atoms with Crippen molar-refractivity contribution in [3.8, 4) is 5.75 Å². The van der Waals surface area contributed by atoms with Gasteiger partial charge in [-0.15, -0.1) is 0 Å². The first-order valence-corrected chi connectivity index (χ1v) is 10.4. The molecular weight excluding hydrogens is 408 g/mol. The highest BCUT2D eigenvalue weighted by molar-refractivity contribution is 7.07. The summed E-state index contributed by atoms with van der Waals surface area (Å²) in [5, 5.41) is 0.571. The van der Waals surface area contributed by atoms with Crippen LogP contribution in [0.3, 0.4) is 0 Å². The Morgan fingerprint density at radius 1 is 1.24 bits per heavy atom. The first-order chi connectivity index (χ1) is 13.9. The molecule has 3 heterocycles. The summed E-state index contributed by atoms with van der Waals surface area (Å²) in [7, 11) is 0. The van der Waals surface area contributed by atoms with Gasteiger partial charge in [-0.2, -0.15) is 0 Å². The first kappa shape index (κ1) is 18.3. The minimum atomic E-state index is -1.05. The predicted molar refractivity (Wildman–Crippen MR) is 112 cm³/mol. The summed E-state index contributed by atoms with van der Waals surface area (Å²) < 4.78 is 8.34. The second kappa shape index (κ2) is 6.40. The number of thiazole rings is 1. The molecule has 2 aromatic carbocycles. The quantitative estimate of drug-likeness (QED) is 0.635. The number of ketones is 1. The third-order valence-corrected chi connectivity index (χ3v) is 6.84. The number of carbonyl (C=O) groups excluding carboxylic acids is 1. The monoisotopic (exact) mass is 424 g/mol. The van der Waals surface area contributed by atoms with E-state index in [1.165, 1.54) is 18.3 Å². The molecule has 2 aliphatic rings. The summed E-state index contributed by atoms with van der Waals surface area (Å²) in [5.74, 6) is 0.0168. The molecule has 0 amide bonds. The topological polar surface area (TPSA) is 60.7 Å². The van der Waals surface area contributed by atoms with Gasteiger partial charge in [-0.25, -0.2) is 4.99 Å². The number of carbonyl (C=O) groups is 1. The number of ether oxygens (including phenoxy) is 1. The molecule has 146 valence electrons. The molecule has 3 aromatic rings. The van der Waals surface area contributed by atoms with Gasteiger partial charge in [0.15, 0.2) is 4.80 Å². The molecular formula is C22H17ClN2O3S. The van der Waals surface area contributed by atoms with Gasteiger partial charge in [0.25, 0.3) is 5.56 Å². The average Bonchev–Trinajstić information content (AvgIpc) is 2.96. The van der Waals surface area contributed by atoms with E-state index in [1.54, 1.807) is 16.7 Å².